The molecule has 0 saturated heterocycles. The molecule has 0 unspecified atom stereocenters. The number of ether oxygens (including phenoxy) is 1. The molecule has 0 amide bonds. The van der Waals surface area contributed by atoms with Gasteiger partial charge in [0.05, 0.1) is 11.9 Å². The quantitative estimate of drug-likeness (QED) is 0.378. The molecule has 0 aliphatic rings. The highest BCUT2D eigenvalue weighted by atomic mass is 16.5. The predicted octanol–water partition coefficient (Wildman–Crippen LogP) is 0.838. The van der Waals surface area contributed by atoms with Crippen LogP contribution in [0, 0.1) is 10.8 Å². The number of carbonyl (C=O) groups is 1. The molecule has 78 valence electrons. The number of nitrogens with zero attached hydrogens (tertiary/aromatic N) is 1. The first-order valence-electron chi connectivity index (χ1n) is 4.08. The molecule has 0 aliphatic carbocycles. The molecule has 0 aromatic carbocycles. The molecular formula is C9H10N4O2. The summed E-state index contributed by atoms with van der Waals surface area (Å²) in [5, 5.41) is 14.2. The van der Waals surface area contributed by atoms with Crippen molar-refractivity contribution in [2.45, 2.75) is 6.92 Å². The maximum atomic E-state index is 11.4. The second-order valence-corrected chi connectivity index (χ2v) is 2.79. The minimum atomic E-state index is -0.679. The molecule has 0 atom stereocenters. The van der Waals surface area contributed by atoms with Crippen LogP contribution in [0.1, 0.15) is 17.4 Å². The van der Waals surface area contributed by atoms with Crippen LogP contribution in [0.3, 0.4) is 0 Å². The van der Waals surface area contributed by atoms with Gasteiger partial charge in [-0.05, 0) is 12.1 Å². The van der Waals surface area contributed by atoms with E-state index < -0.39 is 11.7 Å². The molecule has 0 aliphatic heterocycles. The lowest BCUT2D eigenvalue weighted by molar-refractivity contribution is 0.104. The van der Waals surface area contributed by atoms with Crippen LogP contribution in [-0.4, -0.2) is 22.6 Å². The molecule has 1 heterocycles. The Bertz CT molecular complexity index is 411. The monoisotopic (exact) mass is 206 g/mol. The normalized spacial score (nSPS) is 9.40. The maximum absolute atomic E-state index is 11.4. The Labute approximate surface area is 86.1 Å². The molecule has 1 rings (SSSR count). The minimum Gasteiger partial charge on any atom is -0.422 e. The number of hydrogen-bond donors (Lipinski definition) is 3. The molecule has 6 heteroatoms. The molecular weight excluding hydrogens is 196 g/mol. The standard InChI is InChI=1S/C9H10N4O2/c1-5(10)15-9(12)8(14)7-3-2-6(11)4-13-7/h2-4,10,12H,11H2,1H3. The molecule has 0 radical (unpaired) electrons. The molecule has 0 fully saturated rings. The average molecular weight is 206 g/mol. The third kappa shape index (κ3) is 2.87. The summed E-state index contributed by atoms with van der Waals surface area (Å²) in [5.41, 5.74) is 5.89. The van der Waals surface area contributed by atoms with Gasteiger partial charge in [-0.3, -0.25) is 20.6 Å². The summed E-state index contributed by atoms with van der Waals surface area (Å²) in [6.45, 7) is 1.33. The van der Waals surface area contributed by atoms with E-state index in [4.69, 9.17) is 16.6 Å². The van der Waals surface area contributed by atoms with E-state index in [9.17, 15) is 4.79 Å². The number of hydrogen-bond acceptors (Lipinski definition) is 6. The number of nitrogens with one attached hydrogen (secondary N) is 2. The van der Waals surface area contributed by atoms with Crippen LogP contribution in [0.4, 0.5) is 5.69 Å². The molecule has 4 N–H and O–H groups in total. The van der Waals surface area contributed by atoms with Crippen molar-refractivity contribution in [2.24, 2.45) is 0 Å². The number of nitrogens with two attached hydrogens (primary N) is 1. The summed E-state index contributed by atoms with van der Waals surface area (Å²) < 4.78 is 4.54. The summed E-state index contributed by atoms with van der Waals surface area (Å²) in [7, 11) is 0. The summed E-state index contributed by atoms with van der Waals surface area (Å²) in [5.74, 6) is -1.52. The SMILES string of the molecule is CC(=N)OC(=N)C(=O)c1ccc(N)cn1. The van der Waals surface area contributed by atoms with Crippen molar-refractivity contribution < 1.29 is 9.53 Å². The topological polar surface area (TPSA) is 113 Å². The molecule has 15 heavy (non-hydrogen) atoms. The summed E-state index contributed by atoms with van der Waals surface area (Å²) in [4.78, 5) is 15.2. The number of ketones is 1. The van der Waals surface area contributed by atoms with E-state index in [1.54, 1.807) is 0 Å². The Morgan fingerprint density at radius 1 is 1.47 bits per heavy atom. The van der Waals surface area contributed by atoms with Gasteiger partial charge in [0.2, 0.25) is 0 Å². The van der Waals surface area contributed by atoms with Gasteiger partial charge in [0.25, 0.3) is 11.7 Å². The highest BCUT2D eigenvalue weighted by molar-refractivity contribution is 6.42. The fraction of sp³-hybridized carbons (Fsp3) is 0.111. The van der Waals surface area contributed by atoms with Gasteiger partial charge in [-0.1, -0.05) is 0 Å². The van der Waals surface area contributed by atoms with Crippen LogP contribution in [0.5, 0.6) is 0 Å². The Kier molecular flexibility index (Phi) is 3.12. The van der Waals surface area contributed by atoms with E-state index in [1.807, 2.05) is 0 Å². The van der Waals surface area contributed by atoms with Crippen molar-refractivity contribution in [1.82, 2.24) is 4.98 Å². The Hall–Kier alpha value is -2.24. The zero-order valence-electron chi connectivity index (χ0n) is 8.07. The predicted molar refractivity (Wildman–Crippen MR) is 55.2 cm³/mol. The molecule has 1 aromatic rings. The van der Waals surface area contributed by atoms with Gasteiger partial charge >= 0.3 is 0 Å². The van der Waals surface area contributed by atoms with Crippen molar-refractivity contribution in [1.29, 1.82) is 10.8 Å². The Balaban J connectivity index is 2.81. The minimum absolute atomic E-state index is 0.0652. The third-order valence-electron chi connectivity index (χ3n) is 1.48. The van der Waals surface area contributed by atoms with Gasteiger partial charge in [0.15, 0.2) is 5.90 Å². The third-order valence-corrected chi connectivity index (χ3v) is 1.48. The number of nitrogen functional groups attached to an aromatic ring is 1. The van der Waals surface area contributed by atoms with Crippen molar-refractivity contribution in [3.8, 4) is 0 Å². The summed E-state index contributed by atoms with van der Waals surface area (Å²) in [6, 6.07) is 2.90. The smallest absolute Gasteiger partial charge is 0.265 e. The number of rotatable bonds is 2. The van der Waals surface area contributed by atoms with E-state index in [0.717, 1.165) is 0 Å². The fourth-order valence-electron chi connectivity index (χ4n) is 0.855. The van der Waals surface area contributed by atoms with Crippen LogP contribution in [0.25, 0.3) is 0 Å². The number of aromatic nitrogens is 1. The highest BCUT2D eigenvalue weighted by Gasteiger charge is 2.15. The molecule has 0 spiro atoms. The molecule has 6 nitrogen and oxygen atoms in total. The second kappa shape index (κ2) is 4.32. The molecule has 0 saturated carbocycles. The number of Topliss-reactive ketones (excluding diaryl/α,β-unsaturated/α-hetero) is 1. The molecule has 0 bridgehead atoms. The van der Waals surface area contributed by atoms with Gasteiger partial charge in [-0.15, -0.1) is 0 Å². The van der Waals surface area contributed by atoms with Crippen molar-refractivity contribution in [2.75, 3.05) is 5.73 Å². The summed E-state index contributed by atoms with van der Waals surface area (Å²) >= 11 is 0. The summed E-state index contributed by atoms with van der Waals surface area (Å²) in [6.07, 6.45) is 1.32. The fourth-order valence-corrected chi connectivity index (χ4v) is 0.855. The van der Waals surface area contributed by atoms with Crippen molar-refractivity contribution in [3.63, 3.8) is 0 Å². The maximum Gasteiger partial charge on any atom is 0.265 e. The van der Waals surface area contributed by atoms with E-state index in [2.05, 4.69) is 9.72 Å². The number of carbonyl (C=O) groups excluding carboxylic acids is 1. The lowest BCUT2D eigenvalue weighted by atomic mass is 10.2. The first kappa shape index (κ1) is 10.8. The Morgan fingerprint density at radius 3 is 2.60 bits per heavy atom. The van der Waals surface area contributed by atoms with E-state index in [1.165, 1.54) is 25.3 Å². The van der Waals surface area contributed by atoms with E-state index in [-0.39, 0.29) is 11.6 Å². The van der Waals surface area contributed by atoms with Crippen LogP contribution in [0.2, 0.25) is 0 Å². The zero-order valence-corrected chi connectivity index (χ0v) is 8.07. The Morgan fingerprint density at radius 2 is 2.13 bits per heavy atom. The van der Waals surface area contributed by atoms with Gasteiger partial charge in [-0.25, -0.2) is 0 Å². The zero-order chi connectivity index (χ0) is 11.4. The second-order valence-electron chi connectivity index (χ2n) is 2.79. The van der Waals surface area contributed by atoms with Crippen LogP contribution >= 0.6 is 0 Å². The lowest BCUT2D eigenvalue weighted by Crippen LogP contribution is -2.20. The van der Waals surface area contributed by atoms with Crippen LogP contribution < -0.4 is 5.73 Å². The lowest BCUT2D eigenvalue weighted by Gasteiger charge is -2.03. The van der Waals surface area contributed by atoms with Crippen LogP contribution in [-0.2, 0) is 4.74 Å². The van der Waals surface area contributed by atoms with Crippen LogP contribution in [0.15, 0.2) is 18.3 Å². The van der Waals surface area contributed by atoms with Gasteiger partial charge in [-0.2, -0.15) is 0 Å². The van der Waals surface area contributed by atoms with Crippen molar-refractivity contribution >= 4 is 23.3 Å². The largest absolute Gasteiger partial charge is 0.422 e. The van der Waals surface area contributed by atoms with Crippen molar-refractivity contribution in [3.05, 3.63) is 24.0 Å². The first-order chi connectivity index (χ1) is 7.00. The van der Waals surface area contributed by atoms with E-state index in [0.29, 0.717) is 5.69 Å². The molecule has 1 aromatic heterocycles. The number of pyridine rings is 1. The average Bonchev–Trinajstić information content (AvgIpc) is 2.17. The highest BCUT2D eigenvalue weighted by Crippen LogP contribution is 2.03. The van der Waals surface area contributed by atoms with Gasteiger partial charge in [0, 0.05) is 6.92 Å². The van der Waals surface area contributed by atoms with E-state index >= 15 is 0 Å². The van der Waals surface area contributed by atoms with Gasteiger partial charge < -0.3 is 10.5 Å². The number of anilines is 1. The first-order valence-corrected chi connectivity index (χ1v) is 4.08. The van der Waals surface area contributed by atoms with Gasteiger partial charge in [0.1, 0.15) is 5.69 Å².